The van der Waals surface area contributed by atoms with Crippen molar-refractivity contribution in [2.24, 2.45) is 7.05 Å². The van der Waals surface area contributed by atoms with Gasteiger partial charge in [-0.05, 0) is 43.0 Å². The van der Waals surface area contributed by atoms with Gasteiger partial charge in [-0.2, -0.15) is 0 Å². The average Bonchev–Trinajstić information content (AvgIpc) is 3.11. The molecule has 1 amide bonds. The van der Waals surface area contributed by atoms with Crippen LogP contribution in [0, 0.1) is 12.7 Å². The minimum Gasteiger partial charge on any atom is -0.469 e. The van der Waals surface area contributed by atoms with Crippen molar-refractivity contribution in [3.05, 3.63) is 60.1 Å². The van der Waals surface area contributed by atoms with Crippen LogP contribution in [0.15, 0.2) is 57.4 Å². The Bertz CT molecular complexity index is 857. The Hall–Kier alpha value is -2.54. The minimum absolute atomic E-state index is 0.344. The highest BCUT2D eigenvalue weighted by Gasteiger charge is 2.15. The fraction of sp³-hybridized carbons (Fsp3) is 0.125. The molecule has 2 aromatic heterocycles. The van der Waals surface area contributed by atoms with Crippen LogP contribution in [0.25, 0.3) is 0 Å². The van der Waals surface area contributed by atoms with Crippen LogP contribution in [-0.4, -0.2) is 15.5 Å². The van der Waals surface area contributed by atoms with E-state index < -0.39 is 5.82 Å². The smallest absolute Gasteiger partial charge is 0.259 e. The second-order valence-electron chi connectivity index (χ2n) is 4.91. The summed E-state index contributed by atoms with van der Waals surface area (Å²) < 4.78 is 20.5. The molecule has 118 valence electrons. The zero-order valence-corrected chi connectivity index (χ0v) is 13.4. The molecule has 0 aliphatic rings. The maximum Gasteiger partial charge on any atom is 0.259 e. The van der Waals surface area contributed by atoms with Crippen LogP contribution < -0.4 is 5.32 Å². The van der Waals surface area contributed by atoms with Gasteiger partial charge in [-0.25, -0.2) is 9.37 Å². The number of nitrogens with zero attached hydrogens (tertiary/aromatic N) is 2. The first-order valence-corrected chi connectivity index (χ1v) is 7.66. The van der Waals surface area contributed by atoms with Gasteiger partial charge in [0.25, 0.3) is 5.91 Å². The van der Waals surface area contributed by atoms with Gasteiger partial charge in [0, 0.05) is 24.3 Å². The highest BCUT2D eigenvalue weighted by molar-refractivity contribution is 7.99. The molecule has 3 aromatic rings. The molecule has 7 heteroatoms. The van der Waals surface area contributed by atoms with Gasteiger partial charge < -0.3 is 14.3 Å². The number of carbonyl (C=O) groups excluding carboxylic acids is 1. The number of aryl methyl sites for hydroxylation is 2. The number of aromatic nitrogens is 2. The normalized spacial score (nSPS) is 10.7. The molecule has 0 fully saturated rings. The Morgan fingerprint density at radius 3 is 2.87 bits per heavy atom. The second-order valence-corrected chi connectivity index (χ2v) is 5.92. The standard InChI is InChI=1S/C16H14FN3O2S/c1-10-12(5-8-22-10)15(21)19-13-9-11(17)3-4-14(13)23-16-18-6-7-20(16)2/h3-9H,1-2H3,(H,19,21). The largest absolute Gasteiger partial charge is 0.469 e. The molecule has 0 unspecified atom stereocenters. The van der Waals surface area contributed by atoms with Crippen LogP contribution in [0.2, 0.25) is 0 Å². The first-order valence-electron chi connectivity index (χ1n) is 6.85. The van der Waals surface area contributed by atoms with Crippen LogP contribution >= 0.6 is 11.8 Å². The first kappa shape index (κ1) is 15.4. The van der Waals surface area contributed by atoms with Crippen molar-refractivity contribution in [3.63, 3.8) is 0 Å². The highest BCUT2D eigenvalue weighted by atomic mass is 32.2. The van der Waals surface area contributed by atoms with Crippen molar-refractivity contribution in [3.8, 4) is 0 Å². The van der Waals surface area contributed by atoms with Gasteiger partial charge in [0.2, 0.25) is 0 Å². The molecule has 0 bridgehead atoms. The summed E-state index contributed by atoms with van der Waals surface area (Å²) in [5, 5.41) is 3.47. The van der Waals surface area contributed by atoms with Gasteiger partial charge in [0.1, 0.15) is 11.6 Å². The summed E-state index contributed by atoms with van der Waals surface area (Å²) in [6, 6.07) is 5.84. The summed E-state index contributed by atoms with van der Waals surface area (Å²) >= 11 is 1.35. The Balaban J connectivity index is 1.89. The molecule has 2 heterocycles. The van der Waals surface area contributed by atoms with Gasteiger partial charge >= 0.3 is 0 Å². The summed E-state index contributed by atoms with van der Waals surface area (Å²) in [5.74, 6) is -0.255. The van der Waals surface area contributed by atoms with Crippen molar-refractivity contribution >= 4 is 23.4 Å². The number of halogens is 1. The maximum absolute atomic E-state index is 13.6. The predicted octanol–water partition coefficient (Wildman–Crippen LogP) is 3.86. The van der Waals surface area contributed by atoms with E-state index in [2.05, 4.69) is 10.3 Å². The third-order valence-electron chi connectivity index (χ3n) is 3.27. The number of anilines is 1. The summed E-state index contributed by atoms with van der Waals surface area (Å²) in [4.78, 5) is 17.2. The lowest BCUT2D eigenvalue weighted by atomic mass is 10.2. The molecular formula is C16H14FN3O2S. The number of imidazole rings is 1. The van der Waals surface area contributed by atoms with Crippen molar-refractivity contribution in [2.45, 2.75) is 17.0 Å². The average molecular weight is 331 g/mol. The fourth-order valence-electron chi connectivity index (χ4n) is 2.05. The number of amides is 1. The topological polar surface area (TPSA) is 60.1 Å². The Labute approximate surface area is 136 Å². The molecule has 0 saturated heterocycles. The van der Waals surface area contributed by atoms with E-state index in [1.165, 1.54) is 30.2 Å². The Kier molecular flexibility index (Phi) is 4.20. The molecular weight excluding hydrogens is 317 g/mol. The van der Waals surface area contributed by atoms with Crippen molar-refractivity contribution in [1.82, 2.24) is 9.55 Å². The summed E-state index contributed by atoms with van der Waals surface area (Å²) in [6.07, 6.45) is 4.94. The molecule has 0 aliphatic carbocycles. The highest BCUT2D eigenvalue weighted by Crippen LogP contribution is 2.33. The van der Waals surface area contributed by atoms with Crippen LogP contribution in [0.5, 0.6) is 0 Å². The van der Waals surface area contributed by atoms with E-state index in [4.69, 9.17) is 4.42 Å². The molecule has 1 aromatic carbocycles. The van der Waals surface area contributed by atoms with E-state index in [-0.39, 0.29) is 5.91 Å². The number of furan rings is 1. The van der Waals surface area contributed by atoms with E-state index in [9.17, 15) is 9.18 Å². The van der Waals surface area contributed by atoms with Crippen LogP contribution in [0.4, 0.5) is 10.1 Å². The monoisotopic (exact) mass is 331 g/mol. The van der Waals surface area contributed by atoms with E-state index in [1.807, 2.05) is 17.8 Å². The van der Waals surface area contributed by atoms with Crippen LogP contribution in [-0.2, 0) is 7.05 Å². The number of hydrogen-bond donors (Lipinski definition) is 1. The lowest BCUT2D eigenvalue weighted by Gasteiger charge is -2.10. The number of hydrogen-bond acceptors (Lipinski definition) is 4. The molecule has 0 atom stereocenters. The second kappa shape index (κ2) is 6.29. The Morgan fingerprint density at radius 1 is 1.39 bits per heavy atom. The number of rotatable bonds is 4. The number of nitrogens with one attached hydrogen (secondary N) is 1. The zero-order valence-electron chi connectivity index (χ0n) is 12.5. The quantitative estimate of drug-likeness (QED) is 0.788. The van der Waals surface area contributed by atoms with Crippen LogP contribution in [0.1, 0.15) is 16.1 Å². The zero-order chi connectivity index (χ0) is 16.4. The van der Waals surface area contributed by atoms with Gasteiger partial charge in [0.05, 0.1) is 17.5 Å². The molecule has 5 nitrogen and oxygen atoms in total. The SMILES string of the molecule is Cc1occc1C(=O)Nc1cc(F)ccc1Sc1nccn1C. The number of carbonyl (C=O) groups is 1. The molecule has 3 rings (SSSR count). The molecule has 1 N–H and O–H groups in total. The lowest BCUT2D eigenvalue weighted by molar-refractivity contribution is 0.102. The predicted molar refractivity (Wildman–Crippen MR) is 85.1 cm³/mol. The van der Waals surface area contributed by atoms with Crippen molar-refractivity contribution in [1.29, 1.82) is 0 Å². The summed E-state index contributed by atoms with van der Waals surface area (Å²) in [5.41, 5.74) is 0.811. The van der Waals surface area contributed by atoms with E-state index >= 15 is 0 Å². The molecule has 0 radical (unpaired) electrons. The lowest BCUT2D eigenvalue weighted by Crippen LogP contribution is -2.13. The van der Waals surface area contributed by atoms with Gasteiger partial charge in [0.15, 0.2) is 5.16 Å². The van der Waals surface area contributed by atoms with E-state index in [0.29, 0.717) is 21.9 Å². The minimum atomic E-state index is -0.423. The molecule has 23 heavy (non-hydrogen) atoms. The Morgan fingerprint density at radius 2 is 2.22 bits per heavy atom. The summed E-state index contributed by atoms with van der Waals surface area (Å²) in [7, 11) is 1.87. The first-order chi connectivity index (χ1) is 11.0. The molecule has 0 saturated carbocycles. The van der Waals surface area contributed by atoms with Crippen molar-refractivity contribution in [2.75, 3.05) is 5.32 Å². The molecule has 0 aliphatic heterocycles. The molecule has 0 spiro atoms. The third-order valence-corrected chi connectivity index (χ3v) is 4.42. The maximum atomic E-state index is 13.6. The van der Waals surface area contributed by atoms with E-state index in [1.54, 1.807) is 25.3 Å². The van der Waals surface area contributed by atoms with E-state index in [0.717, 1.165) is 5.16 Å². The van der Waals surface area contributed by atoms with Gasteiger partial charge in [-0.1, -0.05) is 0 Å². The van der Waals surface area contributed by atoms with Crippen LogP contribution in [0.3, 0.4) is 0 Å². The van der Waals surface area contributed by atoms with Crippen molar-refractivity contribution < 1.29 is 13.6 Å². The van der Waals surface area contributed by atoms with Gasteiger partial charge in [-0.15, -0.1) is 0 Å². The summed E-state index contributed by atoms with van der Waals surface area (Å²) in [6.45, 7) is 1.70. The number of benzene rings is 1. The third kappa shape index (κ3) is 3.29. The fourth-order valence-corrected chi connectivity index (χ4v) is 2.92. The van der Waals surface area contributed by atoms with Gasteiger partial charge in [-0.3, -0.25) is 4.79 Å².